The largest absolute Gasteiger partial charge is 0.496 e. The Kier molecular flexibility index (Phi) is 5.46. The lowest BCUT2D eigenvalue weighted by atomic mass is 10.2. The van der Waals surface area contributed by atoms with Crippen LogP contribution < -0.4 is 19.5 Å². The van der Waals surface area contributed by atoms with Crippen LogP contribution in [0.1, 0.15) is 12.0 Å². The molecule has 1 heterocycles. The highest BCUT2D eigenvalue weighted by molar-refractivity contribution is 6.34. The van der Waals surface area contributed by atoms with Gasteiger partial charge < -0.3 is 19.5 Å². The van der Waals surface area contributed by atoms with Gasteiger partial charge in [-0.1, -0.05) is 29.8 Å². The molecule has 130 valence electrons. The van der Waals surface area contributed by atoms with Crippen molar-refractivity contribution in [3.8, 4) is 17.2 Å². The SMILES string of the molecule is COc1ccccc1/C=C/C(=O)Nc1cc2c(cc1Cl)OCCCO2. The van der Waals surface area contributed by atoms with Crippen LogP contribution in [0.5, 0.6) is 17.2 Å². The predicted molar refractivity (Wildman–Crippen MR) is 97.7 cm³/mol. The summed E-state index contributed by atoms with van der Waals surface area (Å²) in [5, 5.41) is 3.15. The summed E-state index contributed by atoms with van der Waals surface area (Å²) in [6, 6.07) is 10.8. The van der Waals surface area contributed by atoms with Crippen molar-refractivity contribution in [2.24, 2.45) is 0 Å². The highest BCUT2D eigenvalue weighted by Crippen LogP contribution is 2.37. The van der Waals surface area contributed by atoms with E-state index in [9.17, 15) is 4.79 Å². The molecule has 0 spiro atoms. The first-order valence-electron chi connectivity index (χ1n) is 7.88. The molecule has 0 bridgehead atoms. The standard InChI is InChI=1S/C19H18ClNO4/c1-23-16-6-3-2-5-13(16)7-8-19(22)21-15-12-18-17(11-14(15)20)24-9-4-10-25-18/h2-3,5-8,11-12H,4,9-10H2,1H3,(H,21,22)/b8-7+. The van der Waals surface area contributed by atoms with Crippen LogP contribution in [-0.2, 0) is 4.79 Å². The molecule has 0 atom stereocenters. The Morgan fingerprint density at radius 2 is 1.92 bits per heavy atom. The van der Waals surface area contributed by atoms with E-state index in [0.717, 1.165) is 12.0 Å². The number of methoxy groups -OCH3 is 1. The number of carbonyl (C=O) groups is 1. The monoisotopic (exact) mass is 359 g/mol. The molecule has 25 heavy (non-hydrogen) atoms. The van der Waals surface area contributed by atoms with Gasteiger partial charge in [0.2, 0.25) is 5.91 Å². The van der Waals surface area contributed by atoms with E-state index in [0.29, 0.717) is 41.2 Å². The molecule has 1 amide bonds. The second kappa shape index (κ2) is 7.94. The minimum Gasteiger partial charge on any atom is -0.496 e. The van der Waals surface area contributed by atoms with Crippen LogP contribution in [0.3, 0.4) is 0 Å². The number of ether oxygens (including phenoxy) is 3. The van der Waals surface area contributed by atoms with Crippen molar-refractivity contribution in [2.75, 3.05) is 25.6 Å². The fourth-order valence-electron chi connectivity index (χ4n) is 2.42. The lowest BCUT2D eigenvalue weighted by Crippen LogP contribution is -2.08. The lowest BCUT2D eigenvalue weighted by molar-refractivity contribution is -0.111. The number of nitrogens with one attached hydrogen (secondary N) is 1. The molecule has 1 aliphatic heterocycles. The van der Waals surface area contributed by atoms with Crippen LogP contribution in [-0.4, -0.2) is 26.2 Å². The summed E-state index contributed by atoms with van der Waals surface area (Å²) in [5.41, 5.74) is 1.28. The molecule has 0 saturated heterocycles. The van der Waals surface area contributed by atoms with Crippen molar-refractivity contribution in [3.05, 3.63) is 53.1 Å². The summed E-state index contributed by atoms with van der Waals surface area (Å²) in [6.45, 7) is 1.15. The van der Waals surface area contributed by atoms with Gasteiger partial charge in [-0.05, 0) is 12.1 Å². The Labute approximate surface area is 151 Å². The highest BCUT2D eigenvalue weighted by Gasteiger charge is 2.15. The van der Waals surface area contributed by atoms with Crippen LogP contribution in [0.4, 0.5) is 5.69 Å². The van der Waals surface area contributed by atoms with E-state index in [1.165, 1.54) is 6.08 Å². The second-order valence-corrected chi connectivity index (χ2v) is 5.80. The molecule has 0 unspecified atom stereocenters. The minimum atomic E-state index is -0.303. The van der Waals surface area contributed by atoms with Gasteiger partial charge in [-0.25, -0.2) is 0 Å². The Morgan fingerprint density at radius 3 is 2.68 bits per heavy atom. The fourth-order valence-corrected chi connectivity index (χ4v) is 2.62. The third kappa shape index (κ3) is 4.25. The molecule has 6 heteroatoms. The second-order valence-electron chi connectivity index (χ2n) is 5.39. The fraction of sp³-hybridized carbons (Fsp3) is 0.211. The first kappa shape index (κ1) is 17.2. The molecule has 0 aromatic heterocycles. The highest BCUT2D eigenvalue weighted by atomic mass is 35.5. The van der Waals surface area contributed by atoms with Crippen LogP contribution in [0, 0.1) is 0 Å². The molecule has 0 saturated carbocycles. The van der Waals surface area contributed by atoms with Crippen molar-refractivity contribution in [1.29, 1.82) is 0 Å². The van der Waals surface area contributed by atoms with Crippen molar-refractivity contribution < 1.29 is 19.0 Å². The molecule has 5 nitrogen and oxygen atoms in total. The van der Waals surface area contributed by atoms with Gasteiger partial charge in [-0.15, -0.1) is 0 Å². The molecule has 2 aromatic rings. The summed E-state index contributed by atoms with van der Waals surface area (Å²) < 4.78 is 16.4. The Balaban J connectivity index is 1.74. The quantitative estimate of drug-likeness (QED) is 0.833. The van der Waals surface area contributed by atoms with Gasteiger partial charge in [0.25, 0.3) is 0 Å². The third-order valence-electron chi connectivity index (χ3n) is 3.65. The maximum Gasteiger partial charge on any atom is 0.248 e. The minimum absolute atomic E-state index is 0.303. The average Bonchev–Trinajstić information content (AvgIpc) is 2.85. The van der Waals surface area contributed by atoms with Gasteiger partial charge in [0.05, 0.1) is 31.0 Å². The zero-order valence-electron chi connectivity index (χ0n) is 13.8. The van der Waals surface area contributed by atoms with Crippen molar-refractivity contribution >= 4 is 29.3 Å². The van der Waals surface area contributed by atoms with Gasteiger partial charge in [0, 0.05) is 30.2 Å². The number of carbonyl (C=O) groups excluding carboxylic acids is 1. The predicted octanol–water partition coefficient (Wildman–Crippen LogP) is 4.16. The molecule has 0 radical (unpaired) electrons. The average molecular weight is 360 g/mol. The normalized spacial score (nSPS) is 13.4. The Morgan fingerprint density at radius 1 is 1.20 bits per heavy atom. The molecule has 3 rings (SSSR count). The van der Waals surface area contributed by atoms with Crippen molar-refractivity contribution in [1.82, 2.24) is 0 Å². The van der Waals surface area contributed by atoms with Crippen LogP contribution in [0.25, 0.3) is 6.08 Å². The van der Waals surface area contributed by atoms with E-state index < -0.39 is 0 Å². The van der Waals surface area contributed by atoms with Gasteiger partial charge in [0.15, 0.2) is 11.5 Å². The Hall–Kier alpha value is -2.66. The summed E-state index contributed by atoms with van der Waals surface area (Å²) >= 11 is 6.23. The first-order valence-corrected chi connectivity index (χ1v) is 8.26. The molecule has 0 fully saturated rings. The van der Waals surface area contributed by atoms with Crippen molar-refractivity contribution in [3.63, 3.8) is 0 Å². The molecule has 2 aromatic carbocycles. The number of anilines is 1. The number of benzene rings is 2. The topological polar surface area (TPSA) is 56.8 Å². The number of rotatable bonds is 4. The zero-order valence-corrected chi connectivity index (χ0v) is 14.5. The summed E-state index contributed by atoms with van der Waals surface area (Å²) in [4.78, 5) is 12.2. The number of hydrogen-bond donors (Lipinski definition) is 1. The molecular weight excluding hydrogens is 342 g/mol. The van der Waals surface area contributed by atoms with Crippen LogP contribution in [0.15, 0.2) is 42.5 Å². The summed E-state index contributed by atoms with van der Waals surface area (Å²) in [6.07, 6.45) is 3.91. The van der Waals surface area contributed by atoms with Gasteiger partial charge >= 0.3 is 0 Å². The van der Waals surface area contributed by atoms with E-state index in [4.69, 9.17) is 25.8 Å². The van der Waals surface area contributed by atoms with E-state index >= 15 is 0 Å². The zero-order chi connectivity index (χ0) is 17.6. The molecule has 1 aliphatic rings. The smallest absolute Gasteiger partial charge is 0.248 e. The number of para-hydroxylation sites is 1. The van der Waals surface area contributed by atoms with Crippen LogP contribution >= 0.6 is 11.6 Å². The Bertz CT molecular complexity index is 804. The van der Waals surface area contributed by atoms with E-state index in [2.05, 4.69) is 5.32 Å². The molecule has 1 N–H and O–H groups in total. The maximum atomic E-state index is 12.2. The molecular formula is C19H18ClNO4. The maximum absolute atomic E-state index is 12.2. The van der Waals surface area contributed by atoms with Crippen LogP contribution in [0.2, 0.25) is 5.02 Å². The summed E-state index contributed by atoms with van der Waals surface area (Å²) in [7, 11) is 1.59. The van der Waals surface area contributed by atoms with Gasteiger partial charge in [-0.3, -0.25) is 4.79 Å². The number of hydrogen-bond acceptors (Lipinski definition) is 4. The third-order valence-corrected chi connectivity index (χ3v) is 3.96. The van der Waals surface area contributed by atoms with E-state index in [-0.39, 0.29) is 5.91 Å². The van der Waals surface area contributed by atoms with E-state index in [1.807, 2.05) is 24.3 Å². The lowest BCUT2D eigenvalue weighted by Gasteiger charge is -2.11. The molecule has 0 aliphatic carbocycles. The summed E-state index contributed by atoms with van der Waals surface area (Å²) in [5.74, 6) is 1.55. The number of fused-ring (bicyclic) bond motifs is 1. The number of halogens is 1. The van der Waals surface area contributed by atoms with Gasteiger partial charge in [0.1, 0.15) is 5.75 Å². The first-order chi connectivity index (χ1) is 12.2. The van der Waals surface area contributed by atoms with Gasteiger partial charge in [-0.2, -0.15) is 0 Å². The van der Waals surface area contributed by atoms with Crippen molar-refractivity contribution in [2.45, 2.75) is 6.42 Å². The number of amides is 1. The van der Waals surface area contributed by atoms with E-state index in [1.54, 1.807) is 25.3 Å².